The Kier molecular flexibility index (Phi) is 3.56. The van der Waals surface area contributed by atoms with Gasteiger partial charge in [-0.25, -0.2) is 4.39 Å². The predicted octanol–water partition coefficient (Wildman–Crippen LogP) is 2.09. The highest BCUT2D eigenvalue weighted by Gasteiger charge is 2.31. The highest BCUT2D eigenvalue weighted by Crippen LogP contribution is 2.27. The van der Waals surface area contributed by atoms with E-state index in [0.717, 1.165) is 5.56 Å². The molecule has 0 atom stereocenters. The Bertz CT molecular complexity index is 655. The molecule has 2 aromatic rings. The Morgan fingerprint density at radius 2 is 2.19 bits per heavy atom. The van der Waals surface area contributed by atoms with Crippen molar-refractivity contribution < 1.29 is 14.3 Å². The van der Waals surface area contributed by atoms with E-state index in [0.29, 0.717) is 24.6 Å². The molecule has 0 spiro atoms. The number of benzene rings is 1. The van der Waals surface area contributed by atoms with Gasteiger partial charge in [0.1, 0.15) is 0 Å². The number of amides is 1. The van der Waals surface area contributed by atoms with Crippen molar-refractivity contribution in [2.45, 2.75) is 12.3 Å². The first-order valence-electron chi connectivity index (χ1n) is 6.78. The third-order valence-corrected chi connectivity index (χ3v) is 3.76. The van der Waals surface area contributed by atoms with Crippen LogP contribution in [0.3, 0.4) is 0 Å². The molecule has 5 heteroatoms. The number of phenols is 1. The number of aromatic hydroxyl groups is 1. The molecule has 108 valence electrons. The van der Waals surface area contributed by atoms with Gasteiger partial charge in [0.15, 0.2) is 11.6 Å². The molecule has 0 aliphatic carbocycles. The highest BCUT2D eigenvalue weighted by atomic mass is 19.1. The van der Waals surface area contributed by atoms with Crippen LogP contribution in [0, 0.1) is 5.82 Å². The largest absolute Gasteiger partial charge is 0.505 e. The molecule has 1 aliphatic rings. The summed E-state index contributed by atoms with van der Waals surface area (Å²) < 4.78 is 13.2. The van der Waals surface area contributed by atoms with Crippen molar-refractivity contribution in [2.75, 3.05) is 13.1 Å². The topological polar surface area (TPSA) is 53.4 Å². The van der Waals surface area contributed by atoms with Gasteiger partial charge in [0, 0.05) is 31.4 Å². The number of rotatable bonds is 3. The van der Waals surface area contributed by atoms with Gasteiger partial charge in [-0.2, -0.15) is 0 Å². The predicted molar refractivity (Wildman–Crippen MR) is 75.3 cm³/mol. The summed E-state index contributed by atoms with van der Waals surface area (Å²) in [6.07, 6.45) is 3.70. The first kappa shape index (κ1) is 13.5. The van der Waals surface area contributed by atoms with Crippen LogP contribution in [0.4, 0.5) is 4.39 Å². The second-order valence-electron chi connectivity index (χ2n) is 5.24. The number of nitrogens with zero attached hydrogens (tertiary/aromatic N) is 2. The van der Waals surface area contributed by atoms with Crippen molar-refractivity contribution in [1.82, 2.24) is 9.88 Å². The summed E-state index contributed by atoms with van der Waals surface area (Å²) in [6.45, 7) is 1.34. The summed E-state index contributed by atoms with van der Waals surface area (Å²) in [5.74, 6) is -0.789. The molecule has 0 saturated carbocycles. The number of likely N-dealkylation sites (tertiary alicyclic amines) is 1. The number of halogens is 1. The minimum Gasteiger partial charge on any atom is -0.505 e. The van der Waals surface area contributed by atoms with Crippen LogP contribution in [0.5, 0.6) is 5.75 Å². The van der Waals surface area contributed by atoms with Crippen LogP contribution in [-0.4, -0.2) is 34.0 Å². The van der Waals surface area contributed by atoms with Gasteiger partial charge in [-0.15, -0.1) is 0 Å². The smallest absolute Gasteiger partial charge is 0.227 e. The fraction of sp³-hybridized carbons (Fsp3) is 0.250. The second kappa shape index (κ2) is 5.52. The van der Waals surface area contributed by atoms with Crippen LogP contribution in [-0.2, 0) is 11.2 Å². The Hall–Kier alpha value is -2.43. The zero-order valence-electron chi connectivity index (χ0n) is 11.4. The summed E-state index contributed by atoms with van der Waals surface area (Å²) in [5.41, 5.74) is 1.71. The van der Waals surface area contributed by atoms with E-state index in [2.05, 4.69) is 4.98 Å². The number of aromatic nitrogens is 1. The van der Waals surface area contributed by atoms with Crippen molar-refractivity contribution >= 4 is 5.91 Å². The van der Waals surface area contributed by atoms with Crippen LogP contribution in [0.1, 0.15) is 17.0 Å². The molecule has 1 N–H and O–H groups in total. The van der Waals surface area contributed by atoms with Gasteiger partial charge in [-0.1, -0.05) is 12.1 Å². The lowest BCUT2D eigenvalue weighted by molar-refractivity contribution is -0.134. The zero-order valence-corrected chi connectivity index (χ0v) is 11.4. The Labute approximate surface area is 121 Å². The molecule has 3 rings (SSSR count). The molecule has 1 aromatic carbocycles. The maximum Gasteiger partial charge on any atom is 0.227 e. The molecular weight excluding hydrogens is 271 g/mol. The standard InChI is InChI=1S/C16H15FN2O2/c17-14-6-11(3-4-15(14)20)7-16(21)19-9-13(10-19)12-2-1-5-18-8-12/h1-6,8,13,20H,7,9-10H2. The van der Waals surface area contributed by atoms with Gasteiger partial charge in [-0.3, -0.25) is 9.78 Å². The summed E-state index contributed by atoms with van der Waals surface area (Å²) in [5, 5.41) is 9.13. The van der Waals surface area contributed by atoms with E-state index in [1.165, 1.54) is 12.1 Å². The van der Waals surface area contributed by atoms with Crippen molar-refractivity contribution in [3.8, 4) is 5.75 Å². The monoisotopic (exact) mass is 286 g/mol. The lowest BCUT2D eigenvalue weighted by atomic mass is 9.92. The third kappa shape index (κ3) is 2.86. The van der Waals surface area contributed by atoms with Crippen molar-refractivity contribution in [3.05, 3.63) is 59.7 Å². The summed E-state index contributed by atoms with van der Waals surface area (Å²) in [7, 11) is 0. The molecule has 1 aromatic heterocycles. The highest BCUT2D eigenvalue weighted by molar-refractivity contribution is 5.79. The average molecular weight is 286 g/mol. The Morgan fingerprint density at radius 3 is 2.86 bits per heavy atom. The van der Waals surface area contributed by atoms with Crippen molar-refractivity contribution in [3.63, 3.8) is 0 Å². The SMILES string of the molecule is O=C(Cc1ccc(O)c(F)c1)N1CC(c2cccnc2)C1. The van der Waals surface area contributed by atoms with Crippen LogP contribution < -0.4 is 0 Å². The molecule has 1 aliphatic heterocycles. The van der Waals surface area contributed by atoms with Gasteiger partial charge < -0.3 is 10.0 Å². The van der Waals surface area contributed by atoms with Gasteiger partial charge in [0.25, 0.3) is 0 Å². The number of phenolic OH excluding ortho intramolecular Hbond substituents is 1. The Balaban J connectivity index is 1.57. The third-order valence-electron chi connectivity index (χ3n) is 3.76. The summed E-state index contributed by atoms with van der Waals surface area (Å²) >= 11 is 0. The minimum atomic E-state index is -0.697. The maximum atomic E-state index is 13.2. The molecule has 2 heterocycles. The fourth-order valence-corrected chi connectivity index (χ4v) is 2.46. The van der Waals surface area contributed by atoms with Gasteiger partial charge in [-0.05, 0) is 29.3 Å². The molecule has 0 bridgehead atoms. The lowest BCUT2D eigenvalue weighted by Crippen LogP contribution is -2.49. The van der Waals surface area contributed by atoms with Crippen LogP contribution in [0.15, 0.2) is 42.7 Å². The van der Waals surface area contributed by atoms with E-state index in [1.807, 2.05) is 18.3 Å². The van der Waals surface area contributed by atoms with E-state index in [-0.39, 0.29) is 12.3 Å². The molecular formula is C16H15FN2O2. The van der Waals surface area contributed by atoms with E-state index < -0.39 is 11.6 Å². The van der Waals surface area contributed by atoms with Crippen molar-refractivity contribution in [1.29, 1.82) is 0 Å². The van der Waals surface area contributed by atoms with E-state index in [9.17, 15) is 9.18 Å². The minimum absolute atomic E-state index is 0.0276. The number of carbonyl (C=O) groups is 1. The number of hydrogen-bond donors (Lipinski definition) is 1. The molecule has 1 amide bonds. The Morgan fingerprint density at radius 1 is 1.38 bits per heavy atom. The zero-order chi connectivity index (χ0) is 14.8. The van der Waals surface area contributed by atoms with E-state index in [1.54, 1.807) is 17.2 Å². The van der Waals surface area contributed by atoms with Gasteiger partial charge in [0.2, 0.25) is 5.91 Å². The second-order valence-corrected chi connectivity index (χ2v) is 5.24. The maximum absolute atomic E-state index is 13.2. The van der Waals surface area contributed by atoms with Crippen LogP contribution >= 0.6 is 0 Å². The molecule has 1 saturated heterocycles. The number of hydrogen-bond acceptors (Lipinski definition) is 3. The van der Waals surface area contributed by atoms with Crippen LogP contribution in [0.25, 0.3) is 0 Å². The summed E-state index contributed by atoms with van der Waals surface area (Å²) in [4.78, 5) is 17.9. The first-order chi connectivity index (χ1) is 10.1. The molecule has 1 fully saturated rings. The molecule has 0 unspecified atom stereocenters. The van der Waals surface area contributed by atoms with Gasteiger partial charge in [0.05, 0.1) is 6.42 Å². The molecule has 4 nitrogen and oxygen atoms in total. The number of carbonyl (C=O) groups excluding carboxylic acids is 1. The summed E-state index contributed by atoms with van der Waals surface area (Å²) in [6, 6.07) is 7.93. The van der Waals surface area contributed by atoms with E-state index >= 15 is 0 Å². The van der Waals surface area contributed by atoms with Crippen molar-refractivity contribution in [2.24, 2.45) is 0 Å². The van der Waals surface area contributed by atoms with Gasteiger partial charge >= 0.3 is 0 Å². The normalized spacial score (nSPS) is 14.8. The molecule has 0 radical (unpaired) electrons. The first-order valence-corrected chi connectivity index (χ1v) is 6.78. The average Bonchev–Trinajstić information content (AvgIpc) is 2.42. The van der Waals surface area contributed by atoms with Crippen LogP contribution in [0.2, 0.25) is 0 Å². The van der Waals surface area contributed by atoms with E-state index in [4.69, 9.17) is 5.11 Å². The fourth-order valence-electron chi connectivity index (χ4n) is 2.46. The lowest BCUT2D eigenvalue weighted by Gasteiger charge is -2.39. The molecule has 21 heavy (non-hydrogen) atoms. The quantitative estimate of drug-likeness (QED) is 0.940. The number of pyridine rings is 1.